The van der Waals surface area contributed by atoms with Crippen LogP contribution in [0.1, 0.15) is 27.9 Å². The Labute approximate surface area is 139 Å². The number of carbonyl (C=O) groups excluding carboxylic acids is 1. The molecule has 1 aromatic carbocycles. The number of hydrogen-bond donors (Lipinski definition) is 1. The number of aryl methyl sites for hydroxylation is 1. The largest absolute Gasteiger partial charge is 0.416 e. The summed E-state index contributed by atoms with van der Waals surface area (Å²) in [5.74, 6) is -0.303. The Kier molecular flexibility index (Phi) is 4.83. The van der Waals surface area contributed by atoms with Crippen molar-refractivity contribution < 1.29 is 18.0 Å². The molecule has 2 fully saturated rings. The van der Waals surface area contributed by atoms with E-state index in [0.717, 1.165) is 44.7 Å². The lowest BCUT2D eigenvalue weighted by molar-refractivity contribution is -0.137. The van der Waals surface area contributed by atoms with Crippen LogP contribution in [-0.4, -0.2) is 61.0 Å². The first-order chi connectivity index (χ1) is 11.4. The SMILES string of the molecule is Cc1ccc(C(F)(F)F)cc1C(=O)N1CCN([C@@H]2CCNC2)CC1. The minimum atomic E-state index is -4.43. The molecule has 0 unspecified atom stereocenters. The number of alkyl halides is 3. The molecule has 3 rings (SSSR count). The zero-order chi connectivity index (χ0) is 17.3. The lowest BCUT2D eigenvalue weighted by Gasteiger charge is -2.38. The number of halogens is 3. The van der Waals surface area contributed by atoms with E-state index in [1.807, 2.05) is 0 Å². The van der Waals surface area contributed by atoms with Gasteiger partial charge < -0.3 is 10.2 Å². The first kappa shape index (κ1) is 17.2. The average molecular weight is 341 g/mol. The molecule has 0 aliphatic carbocycles. The van der Waals surface area contributed by atoms with E-state index in [1.165, 1.54) is 6.07 Å². The molecule has 2 aliphatic rings. The topological polar surface area (TPSA) is 35.6 Å². The van der Waals surface area contributed by atoms with E-state index in [0.29, 0.717) is 24.7 Å². The quantitative estimate of drug-likeness (QED) is 0.895. The molecule has 1 aromatic rings. The Morgan fingerprint density at radius 2 is 1.92 bits per heavy atom. The van der Waals surface area contributed by atoms with E-state index in [2.05, 4.69) is 10.2 Å². The van der Waals surface area contributed by atoms with Crippen LogP contribution in [-0.2, 0) is 6.18 Å². The third kappa shape index (κ3) is 3.57. The van der Waals surface area contributed by atoms with Crippen LogP contribution in [0.15, 0.2) is 18.2 Å². The molecule has 0 saturated carbocycles. The van der Waals surface area contributed by atoms with Crippen molar-refractivity contribution in [1.82, 2.24) is 15.1 Å². The van der Waals surface area contributed by atoms with Gasteiger partial charge in [-0.05, 0) is 37.6 Å². The predicted molar refractivity (Wildman–Crippen MR) is 84.9 cm³/mol. The monoisotopic (exact) mass is 341 g/mol. The number of nitrogens with zero attached hydrogens (tertiary/aromatic N) is 2. The van der Waals surface area contributed by atoms with Crippen LogP contribution in [0, 0.1) is 6.92 Å². The van der Waals surface area contributed by atoms with Gasteiger partial charge in [0.25, 0.3) is 5.91 Å². The maximum atomic E-state index is 12.9. The van der Waals surface area contributed by atoms with E-state index in [1.54, 1.807) is 11.8 Å². The van der Waals surface area contributed by atoms with Crippen LogP contribution >= 0.6 is 0 Å². The summed E-state index contributed by atoms with van der Waals surface area (Å²) in [6.45, 7) is 6.34. The van der Waals surface area contributed by atoms with E-state index in [4.69, 9.17) is 0 Å². The van der Waals surface area contributed by atoms with Crippen molar-refractivity contribution in [2.75, 3.05) is 39.3 Å². The predicted octanol–water partition coefficient (Wildman–Crippen LogP) is 2.13. The van der Waals surface area contributed by atoms with Gasteiger partial charge in [-0.2, -0.15) is 13.2 Å². The van der Waals surface area contributed by atoms with Gasteiger partial charge in [-0.25, -0.2) is 0 Å². The van der Waals surface area contributed by atoms with Gasteiger partial charge in [-0.3, -0.25) is 9.69 Å². The fourth-order valence-electron chi connectivity index (χ4n) is 3.44. The van der Waals surface area contributed by atoms with Gasteiger partial charge in [0.1, 0.15) is 0 Å². The zero-order valence-electron chi connectivity index (χ0n) is 13.7. The van der Waals surface area contributed by atoms with Gasteiger partial charge in [0.15, 0.2) is 0 Å². The van der Waals surface area contributed by atoms with E-state index in [-0.39, 0.29) is 11.5 Å². The minimum Gasteiger partial charge on any atom is -0.336 e. The van der Waals surface area contributed by atoms with Crippen molar-refractivity contribution in [2.24, 2.45) is 0 Å². The molecular formula is C17H22F3N3O. The Hall–Kier alpha value is -1.60. The number of amides is 1. The van der Waals surface area contributed by atoms with Gasteiger partial charge >= 0.3 is 6.18 Å². The van der Waals surface area contributed by atoms with Crippen LogP contribution in [0.25, 0.3) is 0 Å². The van der Waals surface area contributed by atoms with Gasteiger partial charge in [-0.15, -0.1) is 0 Å². The standard InChI is InChI=1S/C17H22F3N3O/c1-12-2-3-13(17(18,19)20)10-15(12)16(24)23-8-6-22(7-9-23)14-4-5-21-11-14/h2-3,10,14,21H,4-9,11H2,1H3/t14-/m1/s1. The molecule has 2 aliphatic heterocycles. The van der Waals surface area contributed by atoms with Crippen molar-refractivity contribution in [3.8, 4) is 0 Å². The second kappa shape index (κ2) is 6.72. The van der Waals surface area contributed by atoms with Crippen LogP contribution in [0.4, 0.5) is 13.2 Å². The van der Waals surface area contributed by atoms with Crippen molar-refractivity contribution in [2.45, 2.75) is 25.6 Å². The third-order valence-corrected chi connectivity index (χ3v) is 4.95. The number of nitrogens with one attached hydrogen (secondary N) is 1. The molecule has 132 valence electrons. The highest BCUT2D eigenvalue weighted by Crippen LogP contribution is 2.31. The summed E-state index contributed by atoms with van der Waals surface area (Å²) in [5.41, 5.74) is -0.0386. The lowest BCUT2D eigenvalue weighted by atomic mass is 10.0. The second-order valence-electron chi connectivity index (χ2n) is 6.50. The highest BCUT2D eigenvalue weighted by molar-refractivity contribution is 5.96. The number of rotatable bonds is 2. The zero-order valence-corrected chi connectivity index (χ0v) is 13.7. The smallest absolute Gasteiger partial charge is 0.336 e. The Balaban J connectivity index is 1.69. The first-order valence-electron chi connectivity index (χ1n) is 8.28. The van der Waals surface area contributed by atoms with Crippen LogP contribution < -0.4 is 5.32 Å². The number of piperazine rings is 1. The van der Waals surface area contributed by atoms with E-state index in [9.17, 15) is 18.0 Å². The summed E-state index contributed by atoms with van der Waals surface area (Å²) >= 11 is 0. The summed E-state index contributed by atoms with van der Waals surface area (Å²) in [4.78, 5) is 16.7. The molecule has 0 radical (unpaired) electrons. The van der Waals surface area contributed by atoms with Crippen LogP contribution in [0.3, 0.4) is 0 Å². The van der Waals surface area contributed by atoms with Gasteiger partial charge in [0.2, 0.25) is 0 Å². The summed E-state index contributed by atoms with van der Waals surface area (Å²) in [5, 5.41) is 3.33. The Bertz CT molecular complexity index is 604. The third-order valence-electron chi connectivity index (χ3n) is 4.95. The van der Waals surface area contributed by atoms with Gasteiger partial charge in [0.05, 0.1) is 5.56 Å². The molecule has 24 heavy (non-hydrogen) atoms. The fraction of sp³-hybridized carbons (Fsp3) is 0.588. The van der Waals surface area contributed by atoms with E-state index >= 15 is 0 Å². The van der Waals surface area contributed by atoms with Crippen molar-refractivity contribution in [1.29, 1.82) is 0 Å². The summed E-state index contributed by atoms with van der Waals surface area (Å²) in [6.07, 6.45) is -3.32. The van der Waals surface area contributed by atoms with Crippen LogP contribution in [0.5, 0.6) is 0 Å². The molecule has 7 heteroatoms. The van der Waals surface area contributed by atoms with Gasteiger partial charge in [0, 0.05) is 44.3 Å². The van der Waals surface area contributed by atoms with Crippen molar-refractivity contribution >= 4 is 5.91 Å². The molecule has 0 bridgehead atoms. The summed E-state index contributed by atoms with van der Waals surface area (Å²) in [7, 11) is 0. The lowest BCUT2D eigenvalue weighted by Crippen LogP contribution is -2.52. The summed E-state index contributed by atoms with van der Waals surface area (Å²) < 4.78 is 38.7. The van der Waals surface area contributed by atoms with Gasteiger partial charge in [-0.1, -0.05) is 6.07 Å². The number of benzene rings is 1. The summed E-state index contributed by atoms with van der Waals surface area (Å²) in [6, 6.07) is 3.89. The van der Waals surface area contributed by atoms with E-state index < -0.39 is 11.7 Å². The fourth-order valence-corrected chi connectivity index (χ4v) is 3.44. The molecular weight excluding hydrogens is 319 g/mol. The normalized spacial score (nSPS) is 22.8. The number of carbonyl (C=O) groups is 1. The Morgan fingerprint density at radius 3 is 2.50 bits per heavy atom. The second-order valence-corrected chi connectivity index (χ2v) is 6.50. The molecule has 1 atom stereocenters. The molecule has 2 heterocycles. The van der Waals surface area contributed by atoms with Crippen LogP contribution in [0.2, 0.25) is 0 Å². The Morgan fingerprint density at radius 1 is 1.21 bits per heavy atom. The molecule has 4 nitrogen and oxygen atoms in total. The molecule has 1 N–H and O–H groups in total. The minimum absolute atomic E-state index is 0.154. The van der Waals surface area contributed by atoms with Crippen molar-refractivity contribution in [3.63, 3.8) is 0 Å². The maximum Gasteiger partial charge on any atom is 0.416 e. The number of hydrogen-bond acceptors (Lipinski definition) is 3. The maximum absolute atomic E-state index is 12.9. The average Bonchev–Trinajstić information content (AvgIpc) is 3.08. The highest BCUT2D eigenvalue weighted by atomic mass is 19.4. The first-order valence-corrected chi connectivity index (χ1v) is 8.28. The highest BCUT2D eigenvalue weighted by Gasteiger charge is 2.33. The van der Waals surface area contributed by atoms with Crippen molar-refractivity contribution in [3.05, 3.63) is 34.9 Å². The molecule has 1 amide bonds. The molecule has 0 spiro atoms. The molecule has 0 aromatic heterocycles. The molecule has 2 saturated heterocycles.